The number of ether oxygens (including phenoxy) is 1. The van der Waals surface area contributed by atoms with E-state index in [-0.39, 0.29) is 17.6 Å². The third-order valence-corrected chi connectivity index (χ3v) is 7.46. The van der Waals surface area contributed by atoms with E-state index in [1.54, 1.807) is 7.11 Å². The molecule has 3 atom stereocenters. The number of methoxy groups -OCH3 is 1. The first-order chi connectivity index (χ1) is 14.8. The van der Waals surface area contributed by atoms with Crippen LogP contribution in [0.2, 0.25) is 0 Å². The lowest BCUT2D eigenvalue weighted by Gasteiger charge is -2.46. The fraction of sp³-hybridized carbons (Fsp3) is 0.667. The lowest BCUT2D eigenvalue weighted by atomic mass is 9.94. The molecular weight excluding hydrogens is 408 g/mol. The summed E-state index contributed by atoms with van der Waals surface area (Å²) in [5, 5.41) is 7.85. The maximum Gasteiger partial charge on any atom is 0.241 e. The second kappa shape index (κ2) is 10.2. The van der Waals surface area contributed by atoms with Crippen molar-refractivity contribution >= 4 is 28.9 Å². The summed E-state index contributed by atoms with van der Waals surface area (Å²) >= 11 is 5.69. The number of hydrogen-bond acceptors (Lipinski definition) is 4. The Labute approximate surface area is 192 Å². The van der Waals surface area contributed by atoms with Gasteiger partial charge in [0.15, 0.2) is 5.11 Å². The van der Waals surface area contributed by atoms with Gasteiger partial charge in [-0.3, -0.25) is 10.1 Å². The summed E-state index contributed by atoms with van der Waals surface area (Å²) < 4.78 is 5.22. The second-order valence-corrected chi connectivity index (χ2v) is 9.53. The highest BCUT2D eigenvalue weighted by Crippen LogP contribution is 2.36. The predicted octanol–water partition coefficient (Wildman–Crippen LogP) is 4.08. The molecule has 31 heavy (non-hydrogen) atoms. The van der Waals surface area contributed by atoms with Crippen LogP contribution in [0.4, 0.5) is 5.69 Å². The van der Waals surface area contributed by atoms with Crippen LogP contribution in [-0.4, -0.2) is 59.3 Å². The Bertz CT molecular complexity index is 761. The first-order valence-corrected chi connectivity index (χ1v) is 12.0. The van der Waals surface area contributed by atoms with Crippen LogP contribution < -0.4 is 15.4 Å². The zero-order valence-electron chi connectivity index (χ0n) is 19.6. The van der Waals surface area contributed by atoms with Gasteiger partial charge in [-0.15, -0.1) is 0 Å². The van der Waals surface area contributed by atoms with E-state index in [2.05, 4.69) is 48.1 Å². The number of carbonyl (C=O) groups excluding carboxylic acids is 1. The molecule has 2 saturated heterocycles. The van der Waals surface area contributed by atoms with Crippen molar-refractivity contribution in [2.45, 2.75) is 65.1 Å². The van der Waals surface area contributed by atoms with Gasteiger partial charge in [0.1, 0.15) is 5.75 Å². The molecular formula is C24H38N4O2S. The number of nitrogens with one attached hydrogen (secondary N) is 2. The second-order valence-electron chi connectivity index (χ2n) is 9.15. The van der Waals surface area contributed by atoms with Crippen molar-refractivity contribution in [2.24, 2.45) is 11.8 Å². The topological polar surface area (TPSA) is 56.8 Å². The maximum atomic E-state index is 13.3. The molecule has 3 rings (SSSR count). The van der Waals surface area contributed by atoms with Gasteiger partial charge in [-0.05, 0) is 48.3 Å². The van der Waals surface area contributed by atoms with Crippen molar-refractivity contribution in [3.8, 4) is 5.75 Å². The van der Waals surface area contributed by atoms with Gasteiger partial charge >= 0.3 is 0 Å². The summed E-state index contributed by atoms with van der Waals surface area (Å²) in [6.45, 7) is 11.3. The average molecular weight is 447 g/mol. The molecule has 2 aliphatic heterocycles. The van der Waals surface area contributed by atoms with Gasteiger partial charge in [-0.1, -0.05) is 40.5 Å². The lowest BCUT2D eigenvalue weighted by Crippen LogP contribution is -2.60. The minimum absolute atomic E-state index is 0.0787. The summed E-state index contributed by atoms with van der Waals surface area (Å²) in [4.78, 5) is 17.7. The Balaban J connectivity index is 1.67. The van der Waals surface area contributed by atoms with E-state index in [0.29, 0.717) is 11.8 Å². The molecule has 2 N–H and O–H groups in total. The SMILES string of the molecule is CC[C@H](C)CN1C(=O)[C@@H]([C@H](C)CC)NC12CCN(C(=S)Nc1ccc(OC)cc1)CC2. The summed E-state index contributed by atoms with van der Waals surface area (Å²) in [6.07, 6.45) is 3.84. The smallest absolute Gasteiger partial charge is 0.241 e. The zero-order valence-corrected chi connectivity index (χ0v) is 20.4. The number of nitrogens with zero attached hydrogens (tertiary/aromatic N) is 2. The van der Waals surface area contributed by atoms with Gasteiger partial charge in [0.05, 0.1) is 18.8 Å². The fourth-order valence-electron chi connectivity index (χ4n) is 4.51. The summed E-state index contributed by atoms with van der Waals surface area (Å²) in [7, 11) is 1.66. The molecule has 1 amide bonds. The quantitative estimate of drug-likeness (QED) is 0.616. The molecule has 0 bridgehead atoms. The van der Waals surface area contributed by atoms with E-state index in [1.165, 1.54) is 0 Å². The summed E-state index contributed by atoms with van der Waals surface area (Å²) in [5.74, 6) is 1.93. The van der Waals surface area contributed by atoms with Crippen LogP contribution in [-0.2, 0) is 4.79 Å². The minimum Gasteiger partial charge on any atom is -0.497 e. The molecule has 1 spiro atoms. The van der Waals surface area contributed by atoms with Gasteiger partial charge in [-0.25, -0.2) is 0 Å². The van der Waals surface area contributed by atoms with Crippen LogP contribution in [0.25, 0.3) is 0 Å². The number of benzene rings is 1. The molecule has 6 nitrogen and oxygen atoms in total. The molecule has 2 heterocycles. The van der Waals surface area contributed by atoms with E-state index >= 15 is 0 Å². The Morgan fingerprint density at radius 1 is 1.23 bits per heavy atom. The predicted molar refractivity (Wildman–Crippen MR) is 130 cm³/mol. The number of piperidine rings is 1. The molecule has 0 aromatic heterocycles. The van der Waals surface area contributed by atoms with Crippen LogP contribution in [0.3, 0.4) is 0 Å². The highest BCUT2D eigenvalue weighted by Gasteiger charge is 2.52. The molecule has 172 valence electrons. The molecule has 7 heteroatoms. The number of rotatable bonds is 7. The van der Waals surface area contributed by atoms with E-state index in [4.69, 9.17) is 17.0 Å². The number of hydrogen-bond donors (Lipinski definition) is 2. The molecule has 0 aliphatic carbocycles. The number of amides is 1. The van der Waals surface area contributed by atoms with Gasteiger partial charge in [0, 0.05) is 38.2 Å². The third-order valence-electron chi connectivity index (χ3n) is 7.10. The molecule has 0 unspecified atom stereocenters. The van der Waals surface area contributed by atoms with Crippen molar-refractivity contribution in [3.63, 3.8) is 0 Å². The molecule has 2 aliphatic rings. The van der Waals surface area contributed by atoms with Crippen LogP contribution in [0.1, 0.15) is 53.4 Å². The highest BCUT2D eigenvalue weighted by atomic mass is 32.1. The molecule has 0 saturated carbocycles. The van der Waals surface area contributed by atoms with Crippen LogP contribution in [0.15, 0.2) is 24.3 Å². The zero-order chi connectivity index (χ0) is 22.6. The third kappa shape index (κ3) is 5.14. The van der Waals surface area contributed by atoms with Crippen LogP contribution >= 0.6 is 12.2 Å². The highest BCUT2D eigenvalue weighted by molar-refractivity contribution is 7.80. The van der Waals surface area contributed by atoms with Crippen molar-refractivity contribution < 1.29 is 9.53 Å². The van der Waals surface area contributed by atoms with Crippen molar-refractivity contribution in [1.29, 1.82) is 0 Å². The van der Waals surface area contributed by atoms with Gasteiger partial charge < -0.3 is 19.9 Å². The van der Waals surface area contributed by atoms with E-state index < -0.39 is 0 Å². The van der Waals surface area contributed by atoms with Crippen LogP contribution in [0, 0.1) is 11.8 Å². The Morgan fingerprint density at radius 2 is 1.87 bits per heavy atom. The first-order valence-electron chi connectivity index (χ1n) is 11.6. The average Bonchev–Trinajstić information content (AvgIpc) is 3.05. The summed E-state index contributed by atoms with van der Waals surface area (Å²) in [5.41, 5.74) is 0.705. The summed E-state index contributed by atoms with van der Waals surface area (Å²) in [6, 6.07) is 7.71. The fourth-order valence-corrected chi connectivity index (χ4v) is 4.81. The number of anilines is 1. The van der Waals surface area contributed by atoms with Crippen molar-refractivity contribution in [2.75, 3.05) is 32.1 Å². The van der Waals surface area contributed by atoms with E-state index in [9.17, 15) is 4.79 Å². The normalized spacial score (nSPS) is 22.5. The minimum atomic E-state index is -0.249. The first kappa shape index (κ1) is 23.8. The lowest BCUT2D eigenvalue weighted by molar-refractivity contribution is -0.134. The standard InChI is InChI=1S/C24H38N4O2S/c1-6-17(3)16-28-22(29)21(18(4)7-2)26-24(28)12-14-27(15-13-24)23(31)25-19-8-10-20(30-5)11-9-19/h8-11,17-18,21,26H,6-7,12-16H2,1-5H3,(H,25,31)/t17-,18+,21+/m0/s1. The molecule has 0 radical (unpaired) electrons. The molecule has 1 aromatic carbocycles. The monoisotopic (exact) mass is 446 g/mol. The number of likely N-dealkylation sites (tertiary alicyclic amines) is 1. The number of thiocarbonyl (C=S) groups is 1. The van der Waals surface area contributed by atoms with Gasteiger partial charge in [0.25, 0.3) is 0 Å². The molecule has 2 fully saturated rings. The van der Waals surface area contributed by atoms with Gasteiger partial charge in [0.2, 0.25) is 5.91 Å². The maximum absolute atomic E-state index is 13.3. The number of carbonyl (C=O) groups is 1. The van der Waals surface area contributed by atoms with E-state index in [0.717, 1.165) is 61.9 Å². The Hall–Kier alpha value is -1.86. The molecule has 1 aromatic rings. The Morgan fingerprint density at radius 3 is 2.42 bits per heavy atom. The van der Waals surface area contributed by atoms with Crippen molar-refractivity contribution in [3.05, 3.63) is 24.3 Å². The van der Waals surface area contributed by atoms with Crippen LogP contribution in [0.5, 0.6) is 5.75 Å². The van der Waals surface area contributed by atoms with Crippen molar-refractivity contribution in [1.82, 2.24) is 15.1 Å². The van der Waals surface area contributed by atoms with Gasteiger partial charge in [-0.2, -0.15) is 0 Å². The van der Waals surface area contributed by atoms with E-state index in [1.807, 2.05) is 24.3 Å². The largest absolute Gasteiger partial charge is 0.497 e. The Kier molecular flexibility index (Phi) is 7.81.